The summed E-state index contributed by atoms with van der Waals surface area (Å²) in [5.74, 6) is -1.45. The summed E-state index contributed by atoms with van der Waals surface area (Å²) in [6.45, 7) is 4.67. The van der Waals surface area contributed by atoms with Crippen molar-refractivity contribution in [3.05, 3.63) is 36.5 Å². The van der Waals surface area contributed by atoms with E-state index in [0.717, 1.165) is 57.8 Å². The van der Waals surface area contributed by atoms with Crippen molar-refractivity contribution in [2.75, 3.05) is 41.0 Å². The number of carboxylic acids is 1. The predicted octanol–water partition coefficient (Wildman–Crippen LogP) is 16.1. The number of likely N-dealkylation sites (N-methyl/N-ethyl adjacent to an activating group) is 1. The molecule has 0 aliphatic rings. The highest BCUT2D eigenvalue weighted by molar-refractivity contribution is 5.72. The number of hydrogen-bond donors (Lipinski definition) is 1. The normalized spacial score (nSPS) is 13.1. The Morgan fingerprint density at radius 3 is 1.28 bits per heavy atom. The lowest BCUT2D eigenvalue weighted by atomic mass is 10.0. The second-order valence-corrected chi connectivity index (χ2v) is 19.8. The van der Waals surface area contributed by atoms with Crippen molar-refractivity contribution >= 4 is 17.9 Å². The molecule has 0 radical (unpaired) electrons. The summed E-state index contributed by atoms with van der Waals surface area (Å²) in [6.07, 6.45) is 57.7. The van der Waals surface area contributed by atoms with Crippen molar-refractivity contribution in [2.24, 2.45) is 0 Å². The van der Waals surface area contributed by atoms with Crippen LogP contribution < -0.4 is 0 Å². The van der Waals surface area contributed by atoms with E-state index in [0.29, 0.717) is 19.3 Å². The van der Waals surface area contributed by atoms with Crippen LogP contribution in [-0.4, -0.2) is 80.6 Å². The van der Waals surface area contributed by atoms with Gasteiger partial charge in [0.2, 0.25) is 0 Å². The Morgan fingerprint density at radius 2 is 0.862 bits per heavy atom. The van der Waals surface area contributed by atoms with Gasteiger partial charge in [-0.1, -0.05) is 230 Å². The van der Waals surface area contributed by atoms with E-state index in [4.69, 9.17) is 14.2 Å². The van der Waals surface area contributed by atoms with Crippen LogP contribution in [0.25, 0.3) is 0 Å². The van der Waals surface area contributed by atoms with Crippen molar-refractivity contribution in [3.8, 4) is 0 Å². The zero-order valence-electron chi connectivity index (χ0n) is 43.5. The minimum atomic E-state index is -0.872. The van der Waals surface area contributed by atoms with Crippen LogP contribution in [0.2, 0.25) is 0 Å². The van der Waals surface area contributed by atoms with Crippen molar-refractivity contribution in [2.45, 2.75) is 270 Å². The molecule has 8 nitrogen and oxygen atoms in total. The number of unbranched alkanes of at least 4 members (excludes halogenated alkanes) is 30. The van der Waals surface area contributed by atoms with Gasteiger partial charge in [-0.25, -0.2) is 4.79 Å². The lowest BCUT2D eigenvalue weighted by Crippen LogP contribution is -2.50. The number of carbonyl (C=O) groups is 3. The van der Waals surface area contributed by atoms with E-state index in [1.165, 1.54) is 167 Å². The van der Waals surface area contributed by atoms with E-state index < -0.39 is 18.1 Å². The number of allylic oxidation sites excluding steroid dienone is 6. The Bertz CT molecular complexity index is 1160. The molecule has 8 heteroatoms. The summed E-state index contributed by atoms with van der Waals surface area (Å²) in [4.78, 5) is 37.2. The zero-order valence-corrected chi connectivity index (χ0v) is 43.5. The maximum atomic E-state index is 12.8. The van der Waals surface area contributed by atoms with Crippen LogP contribution in [0, 0.1) is 0 Å². The molecule has 0 aromatic carbocycles. The predicted molar refractivity (Wildman–Crippen MR) is 275 cm³/mol. The fourth-order valence-electron chi connectivity index (χ4n) is 8.34. The highest BCUT2D eigenvalue weighted by atomic mass is 16.6. The number of carboxylic acid groups (broad SMARTS) is 1. The van der Waals surface area contributed by atoms with Gasteiger partial charge in [0, 0.05) is 19.3 Å². The smallest absolute Gasteiger partial charge is 0.362 e. The Balaban J connectivity index is 4.17. The lowest BCUT2D eigenvalue weighted by molar-refractivity contribution is -0.887. The Labute approximate surface area is 402 Å². The molecule has 0 amide bonds. The van der Waals surface area contributed by atoms with Crippen molar-refractivity contribution < 1.29 is 38.2 Å². The average Bonchev–Trinajstić information content (AvgIpc) is 3.27. The number of ether oxygens (including phenoxy) is 3. The first kappa shape index (κ1) is 62.5. The van der Waals surface area contributed by atoms with Crippen LogP contribution in [0.5, 0.6) is 0 Å². The monoisotopic (exact) mass is 917 g/mol. The van der Waals surface area contributed by atoms with Gasteiger partial charge in [0.05, 0.1) is 34.4 Å². The minimum absolute atomic E-state index is 0.0492. The van der Waals surface area contributed by atoms with Gasteiger partial charge in [0.15, 0.2) is 12.1 Å². The molecule has 0 saturated carbocycles. The quantitative estimate of drug-likeness (QED) is 0.0281. The number of esters is 2. The Morgan fingerprint density at radius 1 is 0.477 bits per heavy atom. The molecule has 0 heterocycles. The van der Waals surface area contributed by atoms with Gasteiger partial charge in [0.1, 0.15) is 6.61 Å². The molecule has 0 aliphatic heterocycles. The van der Waals surface area contributed by atoms with Crippen LogP contribution >= 0.6 is 0 Å². The van der Waals surface area contributed by atoms with Gasteiger partial charge >= 0.3 is 17.9 Å². The van der Waals surface area contributed by atoms with Crippen molar-refractivity contribution in [1.29, 1.82) is 0 Å². The highest BCUT2D eigenvalue weighted by Crippen LogP contribution is 2.17. The van der Waals surface area contributed by atoms with E-state index in [1.807, 2.05) is 21.1 Å². The van der Waals surface area contributed by atoms with Gasteiger partial charge in [-0.15, -0.1) is 0 Å². The highest BCUT2D eigenvalue weighted by Gasteiger charge is 2.31. The summed E-state index contributed by atoms with van der Waals surface area (Å²) in [5.41, 5.74) is 0. The molecule has 2 unspecified atom stereocenters. The molecular weight excluding hydrogens is 811 g/mol. The van der Waals surface area contributed by atoms with Gasteiger partial charge in [-0.3, -0.25) is 9.59 Å². The third-order valence-corrected chi connectivity index (χ3v) is 12.6. The second kappa shape index (κ2) is 48.0. The third kappa shape index (κ3) is 46.4. The fraction of sp³-hybridized carbons (Fsp3) is 0.842. The van der Waals surface area contributed by atoms with E-state index in [-0.39, 0.29) is 36.2 Å². The van der Waals surface area contributed by atoms with Gasteiger partial charge < -0.3 is 23.8 Å². The van der Waals surface area contributed by atoms with Crippen molar-refractivity contribution in [3.63, 3.8) is 0 Å². The van der Waals surface area contributed by atoms with Crippen LogP contribution in [0.1, 0.15) is 258 Å². The second-order valence-electron chi connectivity index (χ2n) is 19.8. The SMILES string of the molecule is CC/C=C/C/C=C/C/C=C/CCCCCCCCCCCCC(=O)OCC(COCCC(C(=O)O)[N+](C)(C)C)OC(=O)CCCCCCCCCCCCCCCCCCCCCCC. The van der Waals surface area contributed by atoms with Gasteiger partial charge in [-0.05, 0) is 44.9 Å². The molecule has 1 N–H and O–H groups in total. The van der Waals surface area contributed by atoms with Crippen LogP contribution in [0.3, 0.4) is 0 Å². The summed E-state index contributed by atoms with van der Waals surface area (Å²) < 4.78 is 17.4. The first-order chi connectivity index (χ1) is 31.6. The molecule has 0 aromatic heterocycles. The number of hydrogen-bond acceptors (Lipinski definition) is 6. The molecule has 65 heavy (non-hydrogen) atoms. The third-order valence-electron chi connectivity index (χ3n) is 12.6. The molecule has 2 atom stereocenters. The van der Waals surface area contributed by atoms with E-state index in [2.05, 4.69) is 50.3 Å². The number of carbonyl (C=O) groups excluding carboxylic acids is 2. The summed E-state index contributed by atoms with van der Waals surface area (Å²) in [7, 11) is 5.55. The molecule has 0 aromatic rings. The Hall–Kier alpha value is -2.45. The van der Waals surface area contributed by atoms with E-state index in [9.17, 15) is 19.5 Å². The summed E-state index contributed by atoms with van der Waals surface area (Å²) in [5, 5.41) is 9.67. The maximum Gasteiger partial charge on any atom is 0.362 e. The maximum absolute atomic E-state index is 12.8. The van der Waals surface area contributed by atoms with Crippen molar-refractivity contribution in [1.82, 2.24) is 0 Å². The zero-order chi connectivity index (χ0) is 47.7. The standard InChI is InChI=1S/C57H105NO7/c1-6-8-10-12-14-16-18-20-22-24-26-28-30-32-34-36-38-40-42-44-46-48-56(60)65-53(51-63-50-49-54(57(61)62)58(3,4)5)52-64-55(59)47-45-43-41-39-37-35-33-31-29-27-25-23-21-19-17-15-13-11-9-7-2/h9,11,15,17,21,23,53-54H,6-8,10,12-14,16,18-20,22,24-52H2,1-5H3/p+1/b11-9+,17-15+,23-21+. The lowest BCUT2D eigenvalue weighted by Gasteiger charge is -2.31. The first-order valence-electron chi connectivity index (χ1n) is 27.5. The summed E-state index contributed by atoms with van der Waals surface area (Å²) in [6, 6.07) is -0.614. The Kier molecular flexibility index (Phi) is 46.2. The topological polar surface area (TPSA) is 99.1 Å². The summed E-state index contributed by atoms with van der Waals surface area (Å²) >= 11 is 0. The number of nitrogens with zero attached hydrogens (tertiary/aromatic N) is 1. The molecule has 0 fully saturated rings. The molecule has 0 bridgehead atoms. The fourth-order valence-corrected chi connectivity index (χ4v) is 8.34. The largest absolute Gasteiger partial charge is 0.477 e. The van der Waals surface area contributed by atoms with Crippen LogP contribution in [0.15, 0.2) is 36.5 Å². The van der Waals surface area contributed by atoms with E-state index in [1.54, 1.807) is 0 Å². The molecule has 0 rings (SSSR count). The van der Waals surface area contributed by atoms with E-state index >= 15 is 0 Å². The number of rotatable bonds is 50. The van der Waals surface area contributed by atoms with Crippen LogP contribution in [-0.2, 0) is 28.6 Å². The average molecular weight is 917 g/mol. The van der Waals surface area contributed by atoms with Gasteiger partial charge in [0.25, 0.3) is 0 Å². The number of aliphatic carboxylic acids is 1. The number of quaternary nitrogens is 1. The first-order valence-corrected chi connectivity index (χ1v) is 27.5. The van der Waals surface area contributed by atoms with Crippen LogP contribution in [0.4, 0.5) is 0 Å². The molecule has 0 aliphatic carbocycles. The minimum Gasteiger partial charge on any atom is -0.477 e. The molecule has 0 saturated heterocycles. The molecule has 380 valence electrons. The molecular formula is C57H106NO7+. The van der Waals surface area contributed by atoms with Gasteiger partial charge in [-0.2, -0.15) is 0 Å². The molecule has 0 spiro atoms.